The first-order valence-electron chi connectivity index (χ1n) is 8.14. The van der Waals surface area contributed by atoms with Crippen LogP contribution in [-0.2, 0) is 0 Å². The zero-order chi connectivity index (χ0) is 18.7. The number of halogens is 1. The standard InChI is InChI=1S/C20H19ClN4O/c1-13-9-14(2)19(16(21)10-13)24-18-12-22-17(11-23-18)20(26)25(3)15-7-5-4-6-8-15/h4-12H,1-3H3,(H,23,24). The number of carbonyl (C=O) groups is 1. The number of benzene rings is 2. The van der Waals surface area contributed by atoms with Gasteiger partial charge in [0.2, 0.25) is 0 Å². The zero-order valence-corrected chi connectivity index (χ0v) is 15.6. The molecular weight excluding hydrogens is 348 g/mol. The second kappa shape index (κ2) is 7.54. The van der Waals surface area contributed by atoms with Gasteiger partial charge in [0.05, 0.1) is 23.1 Å². The second-order valence-electron chi connectivity index (χ2n) is 6.05. The van der Waals surface area contributed by atoms with Crippen molar-refractivity contribution in [2.45, 2.75) is 13.8 Å². The lowest BCUT2D eigenvalue weighted by Crippen LogP contribution is -2.27. The summed E-state index contributed by atoms with van der Waals surface area (Å²) >= 11 is 6.30. The largest absolute Gasteiger partial charge is 0.338 e. The number of nitrogens with one attached hydrogen (secondary N) is 1. The van der Waals surface area contributed by atoms with E-state index in [0.717, 1.165) is 22.5 Å². The van der Waals surface area contributed by atoms with Crippen LogP contribution in [0.25, 0.3) is 0 Å². The summed E-state index contributed by atoms with van der Waals surface area (Å²) in [6, 6.07) is 13.3. The normalized spacial score (nSPS) is 10.5. The van der Waals surface area contributed by atoms with Crippen molar-refractivity contribution >= 4 is 34.7 Å². The third kappa shape index (κ3) is 3.83. The summed E-state index contributed by atoms with van der Waals surface area (Å²) in [5.74, 6) is 0.303. The highest BCUT2D eigenvalue weighted by Crippen LogP contribution is 2.29. The summed E-state index contributed by atoms with van der Waals surface area (Å²) in [5, 5.41) is 3.78. The van der Waals surface area contributed by atoms with Crippen LogP contribution in [0.4, 0.5) is 17.2 Å². The van der Waals surface area contributed by atoms with E-state index < -0.39 is 0 Å². The minimum Gasteiger partial charge on any atom is -0.338 e. The average Bonchev–Trinajstić information content (AvgIpc) is 2.64. The summed E-state index contributed by atoms with van der Waals surface area (Å²) in [6.45, 7) is 3.97. The Bertz CT molecular complexity index is 903. The summed E-state index contributed by atoms with van der Waals surface area (Å²) in [7, 11) is 1.71. The molecule has 26 heavy (non-hydrogen) atoms. The minimum absolute atomic E-state index is 0.222. The lowest BCUT2D eigenvalue weighted by molar-refractivity contribution is 0.0988. The molecule has 1 N–H and O–H groups in total. The number of nitrogens with zero attached hydrogens (tertiary/aromatic N) is 3. The Balaban J connectivity index is 1.78. The molecule has 1 amide bonds. The molecule has 1 heterocycles. The molecule has 0 atom stereocenters. The van der Waals surface area contributed by atoms with Crippen LogP contribution in [0.3, 0.4) is 0 Å². The Hall–Kier alpha value is -2.92. The Morgan fingerprint density at radius 2 is 1.81 bits per heavy atom. The molecule has 0 aliphatic rings. The van der Waals surface area contributed by atoms with Gasteiger partial charge >= 0.3 is 0 Å². The fraction of sp³-hybridized carbons (Fsp3) is 0.150. The van der Waals surface area contributed by atoms with Crippen LogP contribution in [-0.4, -0.2) is 22.9 Å². The number of carbonyl (C=O) groups excluding carboxylic acids is 1. The predicted octanol–water partition coefficient (Wildman–Crippen LogP) is 4.77. The van der Waals surface area contributed by atoms with Gasteiger partial charge in [0, 0.05) is 12.7 Å². The van der Waals surface area contributed by atoms with Crippen LogP contribution in [0.1, 0.15) is 21.6 Å². The van der Waals surface area contributed by atoms with E-state index in [2.05, 4.69) is 15.3 Å². The van der Waals surface area contributed by atoms with Crippen LogP contribution in [0, 0.1) is 13.8 Å². The third-order valence-corrected chi connectivity index (χ3v) is 4.30. The number of aryl methyl sites for hydroxylation is 2. The van der Waals surface area contributed by atoms with E-state index in [9.17, 15) is 4.79 Å². The van der Waals surface area contributed by atoms with Crippen LogP contribution in [0.2, 0.25) is 5.02 Å². The van der Waals surface area contributed by atoms with Gasteiger partial charge in [-0.25, -0.2) is 9.97 Å². The number of anilines is 3. The molecule has 0 aliphatic heterocycles. The fourth-order valence-electron chi connectivity index (χ4n) is 2.65. The highest BCUT2D eigenvalue weighted by molar-refractivity contribution is 6.33. The van der Waals surface area contributed by atoms with Crippen molar-refractivity contribution in [2.24, 2.45) is 0 Å². The van der Waals surface area contributed by atoms with Gasteiger partial charge < -0.3 is 10.2 Å². The van der Waals surface area contributed by atoms with Gasteiger partial charge in [0.15, 0.2) is 0 Å². The van der Waals surface area contributed by atoms with Crippen molar-refractivity contribution in [3.8, 4) is 0 Å². The van der Waals surface area contributed by atoms with Crippen LogP contribution in [0.15, 0.2) is 54.9 Å². The zero-order valence-electron chi connectivity index (χ0n) is 14.8. The summed E-state index contributed by atoms with van der Waals surface area (Å²) < 4.78 is 0. The van der Waals surface area contributed by atoms with E-state index in [4.69, 9.17) is 11.6 Å². The summed E-state index contributed by atoms with van der Waals surface area (Å²) in [6.07, 6.45) is 2.99. The van der Waals surface area contributed by atoms with Gasteiger partial charge in [-0.15, -0.1) is 0 Å². The van der Waals surface area contributed by atoms with Crippen molar-refractivity contribution in [2.75, 3.05) is 17.3 Å². The summed E-state index contributed by atoms with van der Waals surface area (Å²) in [5.41, 5.74) is 3.96. The van der Waals surface area contributed by atoms with Crippen molar-refractivity contribution in [3.63, 3.8) is 0 Å². The first-order valence-corrected chi connectivity index (χ1v) is 8.52. The van der Waals surface area contributed by atoms with Crippen molar-refractivity contribution in [3.05, 3.63) is 76.7 Å². The quantitative estimate of drug-likeness (QED) is 0.722. The lowest BCUT2D eigenvalue weighted by Gasteiger charge is -2.17. The van der Waals surface area contributed by atoms with E-state index in [1.54, 1.807) is 7.05 Å². The molecule has 0 radical (unpaired) electrons. The molecular formula is C20H19ClN4O. The van der Waals surface area contributed by atoms with E-state index in [-0.39, 0.29) is 11.6 Å². The number of aromatic nitrogens is 2. The molecule has 3 rings (SSSR count). The molecule has 0 saturated heterocycles. The minimum atomic E-state index is -0.222. The van der Waals surface area contributed by atoms with Crippen LogP contribution >= 0.6 is 11.6 Å². The van der Waals surface area contributed by atoms with Gasteiger partial charge in [0.1, 0.15) is 11.5 Å². The van der Waals surface area contributed by atoms with Gasteiger partial charge in [-0.2, -0.15) is 0 Å². The maximum atomic E-state index is 12.5. The van der Waals surface area contributed by atoms with Crippen LogP contribution in [0.5, 0.6) is 0 Å². The fourth-order valence-corrected chi connectivity index (χ4v) is 3.01. The molecule has 1 aromatic heterocycles. The maximum Gasteiger partial charge on any atom is 0.278 e. The van der Waals surface area contributed by atoms with Crippen molar-refractivity contribution < 1.29 is 4.79 Å². The molecule has 3 aromatic rings. The number of hydrogen-bond donors (Lipinski definition) is 1. The predicted molar refractivity (Wildman–Crippen MR) is 105 cm³/mol. The molecule has 132 valence electrons. The molecule has 2 aromatic carbocycles. The van der Waals surface area contributed by atoms with E-state index in [1.807, 2.05) is 56.3 Å². The topological polar surface area (TPSA) is 58.1 Å². The highest BCUT2D eigenvalue weighted by atomic mass is 35.5. The SMILES string of the molecule is Cc1cc(C)c(Nc2cnc(C(=O)N(C)c3ccccc3)cn2)c(Cl)c1. The molecule has 5 nitrogen and oxygen atoms in total. The first-order chi connectivity index (χ1) is 12.5. The lowest BCUT2D eigenvalue weighted by atomic mass is 10.1. The van der Waals surface area contributed by atoms with E-state index >= 15 is 0 Å². The Morgan fingerprint density at radius 3 is 2.42 bits per heavy atom. The first kappa shape index (κ1) is 17.9. The smallest absolute Gasteiger partial charge is 0.278 e. The molecule has 0 unspecified atom stereocenters. The molecule has 0 fully saturated rings. The average molecular weight is 367 g/mol. The maximum absolute atomic E-state index is 12.5. The van der Waals surface area contributed by atoms with Gasteiger partial charge in [-0.1, -0.05) is 35.9 Å². The number of amides is 1. The Morgan fingerprint density at radius 1 is 1.08 bits per heavy atom. The monoisotopic (exact) mass is 366 g/mol. The van der Waals surface area contributed by atoms with Crippen molar-refractivity contribution in [1.82, 2.24) is 9.97 Å². The Kier molecular flexibility index (Phi) is 5.19. The molecule has 0 spiro atoms. The molecule has 0 saturated carbocycles. The van der Waals surface area contributed by atoms with Crippen molar-refractivity contribution in [1.29, 1.82) is 0 Å². The van der Waals surface area contributed by atoms with Gasteiger partial charge in [0.25, 0.3) is 5.91 Å². The molecule has 6 heteroatoms. The molecule has 0 bridgehead atoms. The van der Waals surface area contributed by atoms with E-state index in [1.165, 1.54) is 17.3 Å². The molecule has 0 aliphatic carbocycles. The number of para-hydroxylation sites is 1. The Labute approximate surface area is 157 Å². The van der Waals surface area contributed by atoms with Crippen LogP contribution < -0.4 is 10.2 Å². The van der Waals surface area contributed by atoms with Gasteiger partial charge in [-0.05, 0) is 43.2 Å². The third-order valence-electron chi connectivity index (χ3n) is 4.00. The second-order valence-corrected chi connectivity index (χ2v) is 6.46. The highest BCUT2D eigenvalue weighted by Gasteiger charge is 2.15. The van der Waals surface area contributed by atoms with E-state index in [0.29, 0.717) is 10.8 Å². The number of rotatable bonds is 4. The number of hydrogen-bond acceptors (Lipinski definition) is 4. The van der Waals surface area contributed by atoms with Gasteiger partial charge in [-0.3, -0.25) is 4.79 Å². The summed E-state index contributed by atoms with van der Waals surface area (Å²) in [4.78, 5) is 22.6.